The van der Waals surface area contributed by atoms with Crippen LogP contribution >= 0.6 is 11.3 Å². The van der Waals surface area contributed by atoms with Crippen molar-refractivity contribution in [1.82, 2.24) is 4.98 Å². The van der Waals surface area contributed by atoms with Gasteiger partial charge >= 0.3 is 0 Å². The Kier molecular flexibility index (Phi) is 11.1. The van der Waals surface area contributed by atoms with Crippen molar-refractivity contribution in [3.63, 3.8) is 0 Å². The molecule has 232 valence electrons. The molecule has 2 aromatic carbocycles. The number of carbonyl (C=O) groups excluding carboxylic acids is 1. The molecule has 2 fully saturated rings. The lowest BCUT2D eigenvalue weighted by Gasteiger charge is -2.36. The third kappa shape index (κ3) is 7.97. The summed E-state index contributed by atoms with van der Waals surface area (Å²) < 4.78 is 16.7. The van der Waals surface area contributed by atoms with Crippen molar-refractivity contribution in [3.8, 4) is 21.4 Å². The van der Waals surface area contributed by atoms with Crippen molar-refractivity contribution in [3.05, 3.63) is 59.8 Å². The van der Waals surface area contributed by atoms with Gasteiger partial charge < -0.3 is 24.2 Å². The summed E-state index contributed by atoms with van der Waals surface area (Å²) in [6.07, 6.45) is 10.6. The smallest absolute Gasteiger partial charge is 0.273 e. The largest absolute Gasteiger partial charge is 0.496 e. The Morgan fingerprint density at radius 3 is 2.47 bits per heavy atom. The lowest BCUT2D eigenvalue weighted by atomic mass is 9.78. The zero-order valence-electron chi connectivity index (χ0n) is 25.8. The Morgan fingerprint density at radius 2 is 1.79 bits per heavy atom. The van der Waals surface area contributed by atoms with E-state index in [0.29, 0.717) is 30.1 Å². The molecule has 5 rings (SSSR count). The molecule has 0 spiro atoms. The number of nitrogens with zero attached hydrogens (tertiary/aromatic N) is 2. The fourth-order valence-electron chi connectivity index (χ4n) is 6.74. The fourth-order valence-corrected chi connectivity index (χ4v) is 7.47. The number of methoxy groups -OCH3 is 2. The highest BCUT2D eigenvalue weighted by atomic mass is 32.1. The molecule has 3 aromatic rings. The van der Waals surface area contributed by atoms with Gasteiger partial charge in [-0.2, -0.15) is 0 Å². The number of carbonyl (C=O) groups is 1. The van der Waals surface area contributed by atoms with Crippen LogP contribution in [0.4, 0.5) is 5.69 Å². The Bertz CT molecular complexity index is 1330. The maximum absolute atomic E-state index is 14.2. The van der Waals surface area contributed by atoms with Gasteiger partial charge in [0.05, 0.1) is 25.2 Å². The SMILES string of the molecule is COc1ncc(-c2cccc(N(C[C@H]3CC[C@H](c4ccc(OC)c(C)c4)CC3)C(=O)[C@H]3CC[C@H](OCCCO)CC3)c2)s1. The number of thiazole rings is 1. The van der Waals surface area contributed by atoms with Crippen molar-refractivity contribution in [2.24, 2.45) is 11.8 Å². The number of hydrogen-bond acceptors (Lipinski definition) is 7. The minimum absolute atomic E-state index is 0.00320. The second kappa shape index (κ2) is 15.2. The van der Waals surface area contributed by atoms with Gasteiger partial charge in [-0.15, -0.1) is 0 Å². The summed E-state index contributed by atoms with van der Waals surface area (Å²) in [6.45, 7) is 3.59. The van der Waals surface area contributed by atoms with E-state index < -0.39 is 0 Å². The van der Waals surface area contributed by atoms with Crippen LogP contribution in [0.25, 0.3) is 10.4 Å². The third-order valence-electron chi connectivity index (χ3n) is 9.22. The lowest BCUT2D eigenvalue weighted by Crippen LogP contribution is -2.42. The van der Waals surface area contributed by atoms with E-state index in [1.54, 1.807) is 14.2 Å². The highest BCUT2D eigenvalue weighted by Gasteiger charge is 2.33. The lowest BCUT2D eigenvalue weighted by molar-refractivity contribution is -0.124. The first-order chi connectivity index (χ1) is 21.0. The monoisotopic (exact) mass is 606 g/mol. The molecule has 1 aromatic heterocycles. The van der Waals surface area contributed by atoms with E-state index >= 15 is 0 Å². The molecule has 1 amide bonds. The van der Waals surface area contributed by atoms with Crippen LogP contribution in [0.5, 0.6) is 10.9 Å². The first-order valence-electron chi connectivity index (χ1n) is 15.8. The zero-order chi connectivity index (χ0) is 30.2. The van der Waals surface area contributed by atoms with Crippen LogP contribution in [0.2, 0.25) is 0 Å². The maximum atomic E-state index is 14.2. The second-order valence-corrected chi connectivity index (χ2v) is 13.1. The standard InChI is InChI=1S/C35H46N2O5S/c1-24-20-28(14-17-32(24)40-2)26-10-8-25(9-11-26)23-37(34(39)27-12-15-31(16-13-27)42-19-5-18-38)30-7-4-6-29(21-30)33-22-36-35(41-3)43-33/h4,6-7,14,17,20-22,25-27,31,38H,5,8-13,15-16,18-19,23H2,1-3H3/t25-,26-,27-,31-. The van der Waals surface area contributed by atoms with Gasteiger partial charge in [0.2, 0.25) is 5.91 Å². The van der Waals surface area contributed by atoms with Crippen LogP contribution in [-0.4, -0.2) is 56.1 Å². The molecule has 7 nitrogen and oxygen atoms in total. The summed E-state index contributed by atoms with van der Waals surface area (Å²) in [6, 6.07) is 14.9. The van der Waals surface area contributed by atoms with Gasteiger partial charge in [0.15, 0.2) is 0 Å². The number of hydrogen-bond donors (Lipinski definition) is 1. The summed E-state index contributed by atoms with van der Waals surface area (Å²) in [4.78, 5) is 21.7. The van der Waals surface area contributed by atoms with Gasteiger partial charge in [0.25, 0.3) is 5.19 Å². The molecular weight excluding hydrogens is 560 g/mol. The molecule has 8 heteroatoms. The second-order valence-electron chi connectivity index (χ2n) is 12.1. The molecule has 0 atom stereocenters. The molecule has 43 heavy (non-hydrogen) atoms. The van der Waals surface area contributed by atoms with Gasteiger partial charge in [-0.25, -0.2) is 4.98 Å². The van der Waals surface area contributed by atoms with Crippen LogP contribution < -0.4 is 14.4 Å². The van der Waals surface area contributed by atoms with E-state index in [-0.39, 0.29) is 24.5 Å². The summed E-state index contributed by atoms with van der Waals surface area (Å²) in [7, 11) is 3.36. The number of anilines is 1. The molecule has 1 N–H and O–H groups in total. The number of benzene rings is 2. The summed E-state index contributed by atoms with van der Waals surface area (Å²) in [5.74, 6) is 2.20. The summed E-state index contributed by atoms with van der Waals surface area (Å²) in [5.41, 5.74) is 4.60. The first kappa shape index (κ1) is 31.5. The topological polar surface area (TPSA) is 81.1 Å². The van der Waals surface area contributed by atoms with Gasteiger partial charge in [0, 0.05) is 37.6 Å². The predicted octanol–water partition coefficient (Wildman–Crippen LogP) is 7.40. The third-order valence-corrected chi connectivity index (χ3v) is 10.2. The molecular formula is C35H46N2O5S. The molecule has 2 aliphatic rings. The normalized spacial score (nSPS) is 22.2. The molecule has 0 unspecified atom stereocenters. The van der Waals surface area contributed by atoms with E-state index in [1.165, 1.54) is 22.5 Å². The molecule has 2 aliphatic carbocycles. The molecule has 0 aliphatic heterocycles. The van der Waals surface area contributed by atoms with Gasteiger partial charge in [-0.1, -0.05) is 35.6 Å². The summed E-state index contributed by atoms with van der Waals surface area (Å²) in [5, 5.41) is 9.71. The van der Waals surface area contributed by atoms with E-state index in [1.807, 2.05) is 12.3 Å². The van der Waals surface area contributed by atoms with E-state index in [0.717, 1.165) is 79.8 Å². The highest BCUT2D eigenvalue weighted by molar-refractivity contribution is 7.16. The molecule has 0 bridgehead atoms. The quantitative estimate of drug-likeness (QED) is 0.216. The van der Waals surface area contributed by atoms with Crippen LogP contribution in [0.3, 0.4) is 0 Å². The first-order valence-corrected chi connectivity index (χ1v) is 16.6. The number of amides is 1. The number of aliphatic hydroxyl groups is 1. The van der Waals surface area contributed by atoms with E-state index in [2.05, 4.69) is 53.2 Å². The Balaban J connectivity index is 1.30. The van der Waals surface area contributed by atoms with Crippen LogP contribution in [0.15, 0.2) is 48.7 Å². The van der Waals surface area contributed by atoms with Gasteiger partial charge in [-0.05, 0) is 111 Å². The average Bonchev–Trinajstić information content (AvgIpc) is 3.54. The number of aliphatic hydroxyl groups excluding tert-OH is 1. The zero-order valence-corrected chi connectivity index (χ0v) is 26.6. The van der Waals surface area contributed by atoms with Crippen molar-refractivity contribution >= 4 is 22.9 Å². The maximum Gasteiger partial charge on any atom is 0.273 e. The highest BCUT2D eigenvalue weighted by Crippen LogP contribution is 2.39. The van der Waals surface area contributed by atoms with Crippen LogP contribution in [-0.2, 0) is 9.53 Å². The number of aryl methyl sites for hydroxylation is 1. The minimum Gasteiger partial charge on any atom is -0.496 e. The van der Waals surface area contributed by atoms with Crippen molar-refractivity contribution in [2.45, 2.75) is 76.7 Å². The fraction of sp³-hybridized carbons (Fsp3) is 0.543. The Labute approximate surface area is 260 Å². The average molecular weight is 607 g/mol. The van der Waals surface area contributed by atoms with Crippen molar-refractivity contribution in [1.29, 1.82) is 0 Å². The number of aromatic nitrogens is 1. The number of ether oxygens (including phenoxy) is 3. The van der Waals surface area contributed by atoms with Crippen molar-refractivity contribution in [2.75, 3.05) is 38.9 Å². The van der Waals surface area contributed by atoms with Crippen LogP contribution in [0.1, 0.15) is 74.8 Å². The Morgan fingerprint density at radius 1 is 1.00 bits per heavy atom. The van der Waals surface area contributed by atoms with E-state index in [4.69, 9.17) is 19.3 Å². The Hall–Kier alpha value is -2.94. The summed E-state index contributed by atoms with van der Waals surface area (Å²) >= 11 is 1.51. The number of rotatable bonds is 12. The van der Waals surface area contributed by atoms with E-state index in [9.17, 15) is 4.79 Å². The van der Waals surface area contributed by atoms with Crippen LogP contribution in [0, 0.1) is 18.8 Å². The van der Waals surface area contributed by atoms with Crippen molar-refractivity contribution < 1.29 is 24.1 Å². The molecule has 0 saturated heterocycles. The minimum atomic E-state index is 0.00320. The molecule has 1 heterocycles. The molecule has 0 radical (unpaired) electrons. The van der Waals surface area contributed by atoms with Gasteiger partial charge in [-0.3, -0.25) is 4.79 Å². The van der Waals surface area contributed by atoms with Gasteiger partial charge in [0.1, 0.15) is 5.75 Å². The molecule has 2 saturated carbocycles. The predicted molar refractivity (Wildman–Crippen MR) is 172 cm³/mol.